The van der Waals surface area contributed by atoms with Crippen molar-refractivity contribution in [2.75, 3.05) is 18.0 Å². The molecule has 2 unspecified atom stereocenters. The Hall–Kier alpha value is -3.07. The highest BCUT2D eigenvalue weighted by Crippen LogP contribution is 2.50. The van der Waals surface area contributed by atoms with Crippen LogP contribution in [0.2, 0.25) is 10.0 Å². The summed E-state index contributed by atoms with van der Waals surface area (Å²) in [6, 6.07) is 31.9. The molecule has 0 saturated carbocycles. The minimum absolute atomic E-state index is 0.356. The summed E-state index contributed by atoms with van der Waals surface area (Å²) in [4.78, 5) is 7.49. The standard InChI is InChI=1S/C31H26Cl2N2/c32-29-12-7-13-30(33)28(29)20-34-23-18-26-24(21-8-3-1-4-9-21)14-16-35-17-15-25(27(19-23)31(26)35)22-10-5-2-6-11-22/h1-13,18-20,24-25H,14-17H2. The van der Waals surface area contributed by atoms with Crippen LogP contribution in [0, 0.1) is 0 Å². The molecule has 0 saturated heterocycles. The fourth-order valence-electron chi connectivity index (χ4n) is 5.69. The van der Waals surface area contributed by atoms with Gasteiger partial charge in [0.25, 0.3) is 0 Å². The molecule has 0 radical (unpaired) electrons. The number of halogens is 2. The molecule has 4 heteroatoms. The zero-order chi connectivity index (χ0) is 23.8. The van der Waals surface area contributed by atoms with Crippen LogP contribution in [-0.4, -0.2) is 19.3 Å². The van der Waals surface area contributed by atoms with E-state index in [4.69, 9.17) is 28.2 Å². The van der Waals surface area contributed by atoms with Crippen molar-refractivity contribution in [1.82, 2.24) is 0 Å². The van der Waals surface area contributed by atoms with Gasteiger partial charge in [-0.25, -0.2) is 0 Å². The van der Waals surface area contributed by atoms with Crippen LogP contribution < -0.4 is 4.90 Å². The molecule has 4 aromatic carbocycles. The summed E-state index contributed by atoms with van der Waals surface area (Å²) in [5.74, 6) is 0.713. The summed E-state index contributed by atoms with van der Waals surface area (Å²) in [6.45, 7) is 2.16. The van der Waals surface area contributed by atoms with Crippen LogP contribution in [-0.2, 0) is 0 Å². The first-order chi connectivity index (χ1) is 17.2. The maximum absolute atomic E-state index is 6.42. The quantitative estimate of drug-likeness (QED) is 0.258. The minimum Gasteiger partial charge on any atom is -0.371 e. The summed E-state index contributed by atoms with van der Waals surface area (Å²) >= 11 is 12.8. The van der Waals surface area contributed by atoms with Crippen LogP contribution >= 0.6 is 23.2 Å². The van der Waals surface area contributed by atoms with Crippen molar-refractivity contribution in [3.63, 3.8) is 0 Å². The molecule has 2 aliphatic heterocycles. The second-order valence-corrected chi connectivity index (χ2v) is 10.2. The van der Waals surface area contributed by atoms with Crippen molar-refractivity contribution in [2.24, 2.45) is 4.99 Å². The molecular weight excluding hydrogens is 471 g/mol. The average Bonchev–Trinajstić information content (AvgIpc) is 2.90. The predicted molar refractivity (Wildman–Crippen MR) is 148 cm³/mol. The number of benzene rings is 4. The van der Waals surface area contributed by atoms with Crippen LogP contribution in [0.3, 0.4) is 0 Å². The SMILES string of the molecule is Clc1cccc(Cl)c1C=Nc1cc2c3c(c1)C(c1ccccc1)CCN3CCC2c1ccccc1. The Bertz CT molecular complexity index is 1290. The number of rotatable bonds is 4. The van der Waals surface area contributed by atoms with Gasteiger partial charge in [-0.15, -0.1) is 0 Å². The molecule has 0 bridgehead atoms. The van der Waals surface area contributed by atoms with Crippen molar-refractivity contribution in [1.29, 1.82) is 0 Å². The van der Waals surface area contributed by atoms with E-state index in [0.717, 1.165) is 37.2 Å². The Balaban J connectivity index is 1.52. The molecule has 2 aliphatic rings. The topological polar surface area (TPSA) is 15.6 Å². The monoisotopic (exact) mass is 496 g/mol. The van der Waals surface area contributed by atoms with Crippen LogP contribution in [0.4, 0.5) is 11.4 Å². The highest BCUT2D eigenvalue weighted by molar-refractivity contribution is 6.38. The summed E-state index contributed by atoms with van der Waals surface area (Å²) < 4.78 is 0. The van der Waals surface area contributed by atoms with Crippen molar-refractivity contribution >= 4 is 40.8 Å². The van der Waals surface area contributed by atoms with E-state index in [1.165, 1.54) is 27.9 Å². The molecule has 0 aromatic heterocycles. The molecule has 0 aliphatic carbocycles. The van der Waals surface area contributed by atoms with Crippen LogP contribution in [0.1, 0.15) is 52.5 Å². The highest BCUT2D eigenvalue weighted by Gasteiger charge is 2.35. The zero-order valence-electron chi connectivity index (χ0n) is 19.4. The lowest BCUT2D eigenvalue weighted by molar-refractivity contribution is 0.571. The van der Waals surface area contributed by atoms with E-state index in [2.05, 4.69) is 77.7 Å². The van der Waals surface area contributed by atoms with Crippen LogP contribution in [0.5, 0.6) is 0 Å². The molecule has 6 rings (SSSR count). The van der Waals surface area contributed by atoms with E-state index in [-0.39, 0.29) is 0 Å². The lowest BCUT2D eigenvalue weighted by Gasteiger charge is -2.43. The molecule has 174 valence electrons. The Morgan fingerprint density at radius 3 is 1.71 bits per heavy atom. The third-order valence-electron chi connectivity index (χ3n) is 7.34. The Kier molecular flexibility index (Phi) is 6.10. The van der Waals surface area contributed by atoms with Crippen molar-refractivity contribution < 1.29 is 0 Å². The highest BCUT2D eigenvalue weighted by atomic mass is 35.5. The van der Waals surface area contributed by atoms with E-state index in [1.807, 2.05) is 18.2 Å². The first-order valence-corrected chi connectivity index (χ1v) is 13.0. The fourth-order valence-corrected chi connectivity index (χ4v) is 6.18. The third-order valence-corrected chi connectivity index (χ3v) is 8.00. The minimum atomic E-state index is 0.356. The maximum Gasteiger partial charge on any atom is 0.0637 e. The van der Waals surface area contributed by atoms with Crippen molar-refractivity contribution in [3.8, 4) is 0 Å². The van der Waals surface area contributed by atoms with Gasteiger partial charge in [0.15, 0.2) is 0 Å². The molecule has 0 N–H and O–H groups in total. The molecule has 35 heavy (non-hydrogen) atoms. The second kappa shape index (κ2) is 9.53. The molecule has 2 heterocycles. The van der Waals surface area contributed by atoms with Gasteiger partial charge in [0, 0.05) is 42.4 Å². The molecule has 0 fully saturated rings. The number of aliphatic imine (C=N–C) groups is 1. The normalized spacial score (nSPS) is 19.1. The van der Waals surface area contributed by atoms with Gasteiger partial charge in [-0.2, -0.15) is 0 Å². The molecule has 0 amide bonds. The summed E-state index contributed by atoms with van der Waals surface area (Å²) in [5.41, 5.74) is 8.58. The predicted octanol–water partition coefficient (Wildman–Crippen LogP) is 8.62. The summed E-state index contributed by atoms with van der Waals surface area (Å²) in [5, 5.41) is 1.21. The van der Waals surface area contributed by atoms with Crippen molar-refractivity contribution in [2.45, 2.75) is 24.7 Å². The molecule has 2 nitrogen and oxygen atoms in total. The van der Waals surface area contributed by atoms with E-state index >= 15 is 0 Å². The number of anilines is 1. The fraction of sp³-hybridized carbons (Fsp3) is 0.194. The van der Waals surface area contributed by atoms with E-state index in [1.54, 1.807) is 6.21 Å². The first-order valence-electron chi connectivity index (χ1n) is 12.2. The van der Waals surface area contributed by atoms with Gasteiger partial charge in [0.05, 0.1) is 15.7 Å². The molecular formula is C31H26Cl2N2. The van der Waals surface area contributed by atoms with Gasteiger partial charge >= 0.3 is 0 Å². The molecule has 0 spiro atoms. The maximum atomic E-state index is 6.42. The van der Waals surface area contributed by atoms with Gasteiger partial charge in [-0.3, -0.25) is 4.99 Å². The summed E-state index contributed by atoms with van der Waals surface area (Å²) in [7, 11) is 0. The lowest BCUT2D eigenvalue weighted by Crippen LogP contribution is -2.37. The smallest absolute Gasteiger partial charge is 0.0637 e. The second-order valence-electron chi connectivity index (χ2n) is 9.36. The lowest BCUT2D eigenvalue weighted by atomic mass is 9.76. The summed E-state index contributed by atoms with van der Waals surface area (Å²) in [6.07, 6.45) is 4.02. The van der Waals surface area contributed by atoms with Gasteiger partial charge < -0.3 is 4.90 Å². The number of hydrogen-bond donors (Lipinski definition) is 0. The van der Waals surface area contributed by atoms with Crippen LogP contribution in [0.25, 0.3) is 0 Å². The van der Waals surface area contributed by atoms with Gasteiger partial charge in [-0.05, 0) is 59.4 Å². The van der Waals surface area contributed by atoms with Crippen molar-refractivity contribution in [3.05, 3.63) is 129 Å². The third kappa shape index (κ3) is 4.26. The first kappa shape index (κ1) is 22.4. The zero-order valence-corrected chi connectivity index (χ0v) is 20.9. The van der Waals surface area contributed by atoms with Gasteiger partial charge in [0.2, 0.25) is 0 Å². The molecule has 4 aromatic rings. The molecule has 2 atom stereocenters. The van der Waals surface area contributed by atoms with Gasteiger partial charge in [0.1, 0.15) is 0 Å². The largest absolute Gasteiger partial charge is 0.371 e. The van der Waals surface area contributed by atoms with E-state index in [9.17, 15) is 0 Å². The average molecular weight is 497 g/mol. The van der Waals surface area contributed by atoms with E-state index in [0.29, 0.717) is 21.9 Å². The Morgan fingerprint density at radius 1 is 0.686 bits per heavy atom. The number of nitrogens with zero attached hydrogens (tertiary/aromatic N) is 2. The van der Waals surface area contributed by atoms with Gasteiger partial charge in [-0.1, -0.05) is 89.9 Å². The van der Waals surface area contributed by atoms with Crippen LogP contribution in [0.15, 0.2) is 96.0 Å². The van der Waals surface area contributed by atoms with E-state index < -0.39 is 0 Å². The Morgan fingerprint density at radius 2 is 1.20 bits per heavy atom. The number of hydrogen-bond acceptors (Lipinski definition) is 2. The Labute approximate surface area is 216 Å².